The number of rotatable bonds is 6. The molecular weight excluding hydrogens is 236 g/mol. The molecule has 0 spiro atoms. The lowest BCUT2D eigenvalue weighted by Gasteiger charge is -2.11. The van der Waals surface area contributed by atoms with Crippen LogP contribution >= 0.6 is 0 Å². The van der Waals surface area contributed by atoms with Crippen LogP contribution in [0.5, 0.6) is 0 Å². The number of anilines is 1. The summed E-state index contributed by atoms with van der Waals surface area (Å²) >= 11 is 0. The van der Waals surface area contributed by atoms with Crippen molar-refractivity contribution >= 4 is 11.6 Å². The molecular formula is C16H22N2O. The zero-order valence-electron chi connectivity index (χ0n) is 11.9. The molecule has 0 saturated heterocycles. The van der Waals surface area contributed by atoms with E-state index >= 15 is 0 Å². The van der Waals surface area contributed by atoms with Crippen molar-refractivity contribution < 1.29 is 4.79 Å². The van der Waals surface area contributed by atoms with Gasteiger partial charge in [0.05, 0.1) is 6.07 Å². The highest BCUT2D eigenvalue weighted by molar-refractivity contribution is 5.90. The highest BCUT2D eigenvalue weighted by atomic mass is 16.1. The molecule has 3 heteroatoms. The van der Waals surface area contributed by atoms with E-state index in [9.17, 15) is 4.79 Å². The molecule has 1 rings (SSSR count). The van der Waals surface area contributed by atoms with Crippen molar-refractivity contribution in [2.75, 3.05) is 5.32 Å². The molecule has 0 bridgehead atoms. The molecule has 0 aliphatic rings. The second-order valence-electron chi connectivity index (χ2n) is 5.41. The van der Waals surface area contributed by atoms with E-state index in [2.05, 4.69) is 25.2 Å². The van der Waals surface area contributed by atoms with Crippen LogP contribution in [0.1, 0.15) is 38.7 Å². The molecule has 102 valence electrons. The lowest BCUT2D eigenvalue weighted by molar-refractivity contribution is -0.116. The minimum atomic E-state index is -0.0243. The van der Waals surface area contributed by atoms with E-state index < -0.39 is 0 Å². The van der Waals surface area contributed by atoms with Crippen LogP contribution in [0, 0.1) is 30.1 Å². The topological polar surface area (TPSA) is 52.9 Å². The second-order valence-corrected chi connectivity index (χ2v) is 5.41. The van der Waals surface area contributed by atoms with E-state index in [0.717, 1.165) is 12.1 Å². The summed E-state index contributed by atoms with van der Waals surface area (Å²) in [5.41, 5.74) is 1.98. The minimum absolute atomic E-state index is 0.0205. The molecule has 19 heavy (non-hydrogen) atoms. The first-order chi connectivity index (χ1) is 9.01. The molecule has 0 aliphatic carbocycles. The summed E-state index contributed by atoms with van der Waals surface area (Å²) in [7, 11) is 0. The number of aryl methyl sites for hydroxylation is 1. The van der Waals surface area contributed by atoms with Crippen LogP contribution in [0.3, 0.4) is 0 Å². The van der Waals surface area contributed by atoms with Crippen molar-refractivity contribution in [3.8, 4) is 6.07 Å². The van der Waals surface area contributed by atoms with Crippen molar-refractivity contribution in [2.45, 2.75) is 40.0 Å². The van der Waals surface area contributed by atoms with Gasteiger partial charge in [-0.2, -0.15) is 5.26 Å². The fourth-order valence-corrected chi connectivity index (χ4v) is 1.97. The number of nitriles is 1. The van der Waals surface area contributed by atoms with Crippen molar-refractivity contribution in [3.05, 3.63) is 29.8 Å². The molecule has 0 saturated carbocycles. The molecule has 1 N–H and O–H groups in total. The summed E-state index contributed by atoms with van der Waals surface area (Å²) in [5, 5.41) is 11.9. The van der Waals surface area contributed by atoms with Crippen molar-refractivity contribution in [1.82, 2.24) is 0 Å². The standard InChI is InChI=1S/C16H22N2O/c1-12(2)10-14(11-17)6-9-16(19)18-15-7-4-13(3)5-8-15/h4-5,7-8,12,14H,6,9-10H2,1-3H3,(H,18,19). The van der Waals surface area contributed by atoms with Crippen LogP contribution in [0.2, 0.25) is 0 Å². The number of hydrogen-bond acceptors (Lipinski definition) is 2. The number of hydrogen-bond donors (Lipinski definition) is 1. The molecule has 1 atom stereocenters. The van der Waals surface area contributed by atoms with Gasteiger partial charge in [0, 0.05) is 18.0 Å². The predicted molar refractivity (Wildman–Crippen MR) is 77.6 cm³/mol. The maximum Gasteiger partial charge on any atom is 0.224 e. The largest absolute Gasteiger partial charge is 0.326 e. The van der Waals surface area contributed by atoms with Gasteiger partial charge in [-0.05, 0) is 37.8 Å². The van der Waals surface area contributed by atoms with Gasteiger partial charge in [-0.1, -0.05) is 31.5 Å². The molecule has 1 amide bonds. The Balaban J connectivity index is 2.39. The van der Waals surface area contributed by atoms with Gasteiger partial charge < -0.3 is 5.32 Å². The van der Waals surface area contributed by atoms with E-state index in [1.165, 1.54) is 5.56 Å². The molecule has 1 unspecified atom stereocenters. The Morgan fingerprint density at radius 1 is 1.32 bits per heavy atom. The molecule has 0 aromatic heterocycles. The van der Waals surface area contributed by atoms with Gasteiger partial charge in [0.15, 0.2) is 0 Å². The summed E-state index contributed by atoms with van der Waals surface area (Å²) in [6, 6.07) is 9.99. The zero-order valence-corrected chi connectivity index (χ0v) is 11.9. The van der Waals surface area contributed by atoms with Crippen molar-refractivity contribution in [1.29, 1.82) is 5.26 Å². The molecule has 1 aromatic carbocycles. The van der Waals surface area contributed by atoms with Gasteiger partial charge in [0.1, 0.15) is 0 Å². The smallest absolute Gasteiger partial charge is 0.224 e. The van der Waals surface area contributed by atoms with Gasteiger partial charge >= 0.3 is 0 Å². The van der Waals surface area contributed by atoms with Crippen molar-refractivity contribution in [2.24, 2.45) is 11.8 Å². The van der Waals surface area contributed by atoms with Crippen LogP contribution in [0.15, 0.2) is 24.3 Å². The van der Waals surface area contributed by atoms with Crippen LogP contribution in [0.25, 0.3) is 0 Å². The van der Waals surface area contributed by atoms with E-state index in [-0.39, 0.29) is 11.8 Å². The molecule has 0 heterocycles. The predicted octanol–water partition coefficient (Wildman–Crippen LogP) is 3.90. The lowest BCUT2D eigenvalue weighted by Crippen LogP contribution is -2.13. The van der Waals surface area contributed by atoms with E-state index in [0.29, 0.717) is 18.8 Å². The average molecular weight is 258 g/mol. The third-order valence-electron chi connectivity index (χ3n) is 2.99. The first-order valence-corrected chi connectivity index (χ1v) is 6.77. The van der Waals surface area contributed by atoms with Crippen LogP contribution in [0.4, 0.5) is 5.69 Å². The van der Waals surface area contributed by atoms with Crippen molar-refractivity contribution in [3.63, 3.8) is 0 Å². The third kappa shape index (κ3) is 6.05. The lowest BCUT2D eigenvalue weighted by atomic mass is 9.94. The SMILES string of the molecule is Cc1ccc(NC(=O)CCC(C#N)CC(C)C)cc1. The summed E-state index contributed by atoms with van der Waals surface area (Å²) in [4.78, 5) is 11.8. The monoisotopic (exact) mass is 258 g/mol. The van der Waals surface area contributed by atoms with Crippen LogP contribution in [-0.2, 0) is 4.79 Å². The highest BCUT2D eigenvalue weighted by Gasteiger charge is 2.12. The molecule has 0 fully saturated rings. The fourth-order valence-electron chi connectivity index (χ4n) is 1.97. The first kappa shape index (κ1) is 15.2. The van der Waals surface area contributed by atoms with Gasteiger partial charge in [0.2, 0.25) is 5.91 Å². The zero-order chi connectivity index (χ0) is 14.3. The Labute approximate surface area is 115 Å². The molecule has 3 nitrogen and oxygen atoms in total. The Kier molecular flexibility index (Phi) is 6.08. The summed E-state index contributed by atoms with van der Waals surface area (Å²) in [5.74, 6) is 0.446. The molecule has 1 aromatic rings. The van der Waals surface area contributed by atoms with E-state index in [1.54, 1.807) is 0 Å². The maximum atomic E-state index is 11.8. The Bertz CT molecular complexity index is 443. The maximum absolute atomic E-state index is 11.8. The summed E-state index contributed by atoms with van der Waals surface area (Å²) < 4.78 is 0. The quantitative estimate of drug-likeness (QED) is 0.841. The number of carbonyl (C=O) groups excluding carboxylic acids is 1. The number of nitrogens with zero attached hydrogens (tertiary/aromatic N) is 1. The summed E-state index contributed by atoms with van der Waals surface area (Å²) in [6.45, 7) is 6.20. The van der Waals surface area contributed by atoms with E-state index in [4.69, 9.17) is 5.26 Å². The number of carbonyl (C=O) groups is 1. The molecule has 0 aliphatic heterocycles. The Morgan fingerprint density at radius 3 is 2.47 bits per heavy atom. The fraction of sp³-hybridized carbons (Fsp3) is 0.500. The van der Waals surface area contributed by atoms with Gasteiger partial charge in [-0.15, -0.1) is 0 Å². The Hall–Kier alpha value is -1.82. The van der Waals surface area contributed by atoms with Gasteiger partial charge in [0.25, 0.3) is 0 Å². The van der Waals surface area contributed by atoms with Crippen LogP contribution in [-0.4, -0.2) is 5.91 Å². The van der Waals surface area contributed by atoms with Crippen LogP contribution < -0.4 is 5.32 Å². The van der Waals surface area contributed by atoms with Gasteiger partial charge in [-0.3, -0.25) is 4.79 Å². The van der Waals surface area contributed by atoms with Gasteiger partial charge in [-0.25, -0.2) is 0 Å². The second kappa shape index (κ2) is 7.58. The average Bonchev–Trinajstić information content (AvgIpc) is 2.37. The third-order valence-corrected chi connectivity index (χ3v) is 2.99. The number of benzene rings is 1. The summed E-state index contributed by atoms with van der Waals surface area (Å²) in [6.07, 6.45) is 1.89. The highest BCUT2D eigenvalue weighted by Crippen LogP contribution is 2.17. The normalized spacial score (nSPS) is 11.9. The van der Waals surface area contributed by atoms with E-state index in [1.807, 2.05) is 31.2 Å². The minimum Gasteiger partial charge on any atom is -0.326 e. The number of amides is 1. The Morgan fingerprint density at radius 2 is 1.95 bits per heavy atom. The molecule has 0 radical (unpaired) electrons. The first-order valence-electron chi connectivity index (χ1n) is 6.77. The number of nitrogens with one attached hydrogen (secondary N) is 1.